The smallest absolute Gasteiger partial charge is 0.325 e. The van der Waals surface area contributed by atoms with E-state index in [2.05, 4.69) is 47.6 Å². The van der Waals surface area contributed by atoms with Crippen LogP contribution in [0.5, 0.6) is 23.0 Å². The maximum absolute atomic E-state index is 11.9. The molecule has 2 heterocycles. The zero-order chi connectivity index (χ0) is 40.2. The molecule has 0 unspecified atom stereocenters. The van der Waals surface area contributed by atoms with E-state index in [1.54, 1.807) is 58.9 Å². The van der Waals surface area contributed by atoms with Gasteiger partial charge in [-0.05, 0) is 105 Å². The van der Waals surface area contributed by atoms with Gasteiger partial charge < -0.3 is 23.9 Å². The average Bonchev–Trinajstić information content (AvgIpc) is 3.13. The van der Waals surface area contributed by atoms with Crippen LogP contribution in [-0.4, -0.2) is 48.4 Å². The molecule has 3 aromatic carbocycles. The monoisotopic (exact) mass is 870 g/mol. The summed E-state index contributed by atoms with van der Waals surface area (Å²) in [6, 6.07) is 16.4. The summed E-state index contributed by atoms with van der Waals surface area (Å²) in [5.41, 5.74) is 4.73. The molecule has 56 heavy (non-hydrogen) atoms. The first kappa shape index (κ1) is 50.0. The van der Waals surface area contributed by atoms with Gasteiger partial charge >= 0.3 is 5.69 Å². The van der Waals surface area contributed by atoms with Crippen molar-refractivity contribution in [2.45, 2.75) is 67.2 Å². The van der Waals surface area contributed by atoms with Crippen LogP contribution in [0.1, 0.15) is 87.8 Å². The van der Waals surface area contributed by atoms with E-state index < -0.39 is 11.5 Å². The number of hydrogen-bond acceptors (Lipinski definition) is 9. The first-order valence-corrected chi connectivity index (χ1v) is 20.8. The third-order valence-corrected chi connectivity index (χ3v) is 10.6. The largest absolute Gasteiger partial charge is 0.493 e. The van der Waals surface area contributed by atoms with Gasteiger partial charge in [0.25, 0.3) is 11.4 Å². The summed E-state index contributed by atoms with van der Waals surface area (Å²) in [7, 11) is 6.42. The summed E-state index contributed by atoms with van der Waals surface area (Å²) in [6.45, 7) is 8.40. The quantitative estimate of drug-likeness (QED) is 0.0752. The van der Waals surface area contributed by atoms with Gasteiger partial charge in [0.2, 0.25) is 5.28 Å². The van der Waals surface area contributed by atoms with Crippen LogP contribution in [0, 0.1) is 0 Å². The SMILES string of the molecule is C.C.COc1cc(Cc2c[nH]c(=O)[nH]c2=O)c(C(C)C)cc1OC.COc1cc(Cc2cnc(Cl)nc2Cl)c(C(C)C)cc1OC.O=P(Cl)(Cl)c1ccccc1. The Morgan fingerprint density at radius 3 is 1.52 bits per heavy atom. The Kier molecular flexibility index (Phi) is 20.8. The Labute approximate surface area is 349 Å². The van der Waals surface area contributed by atoms with Crippen LogP contribution in [0.15, 0.2) is 76.6 Å². The average molecular weight is 873 g/mol. The van der Waals surface area contributed by atoms with Crippen molar-refractivity contribution in [3.63, 3.8) is 0 Å². The molecule has 0 spiro atoms. The van der Waals surface area contributed by atoms with Gasteiger partial charge in [0.1, 0.15) is 5.15 Å². The summed E-state index contributed by atoms with van der Waals surface area (Å²) in [5, 5.41) is 0.993. The van der Waals surface area contributed by atoms with Gasteiger partial charge in [0.05, 0.1) is 28.4 Å². The first-order chi connectivity index (χ1) is 25.5. The molecule has 306 valence electrons. The van der Waals surface area contributed by atoms with Crippen LogP contribution in [0.4, 0.5) is 0 Å². The number of aromatic nitrogens is 4. The molecular weight excluding hydrogens is 821 g/mol. The van der Waals surface area contributed by atoms with Gasteiger partial charge in [-0.2, -0.15) is 0 Å². The summed E-state index contributed by atoms with van der Waals surface area (Å²) < 4.78 is 32.4. The lowest BCUT2D eigenvalue weighted by Crippen LogP contribution is -2.24. The van der Waals surface area contributed by atoms with Crippen LogP contribution >= 0.6 is 51.5 Å². The normalized spacial score (nSPS) is 10.5. The van der Waals surface area contributed by atoms with Gasteiger partial charge in [0.15, 0.2) is 23.0 Å². The van der Waals surface area contributed by atoms with E-state index in [4.69, 9.17) is 64.6 Å². The fourth-order valence-corrected chi connectivity index (χ4v) is 6.89. The molecule has 0 radical (unpaired) electrons. The van der Waals surface area contributed by atoms with E-state index in [0.29, 0.717) is 57.8 Å². The van der Waals surface area contributed by atoms with Crippen molar-refractivity contribution in [2.24, 2.45) is 0 Å². The predicted molar refractivity (Wildman–Crippen MR) is 231 cm³/mol. The zero-order valence-electron chi connectivity index (χ0n) is 31.1. The molecule has 5 rings (SSSR count). The van der Waals surface area contributed by atoms with Crippen molar-refractivity contribution in [3.8, 4) is 23.0 Å². The van der Waals surface area contributed by atoms with E-state index in [1.807, 2.05) is 30.3 Å². The fourth-order valence-electron chi connectivity index (χ4n) is 5.32. The van der Waals surface area contributed by atoms with E-state index >= 15 is 0 Å². The highest BCUT2D eigenvalue weighted by molar-refractivity contribution is 8.13. The highest BCUT2D eigenvalue weighted by Crippen LogP contribution is 2.55. The number of nitrogens with zero attached hydrogens (tertiary/aromatic N) is 2. The molecule has 0 aliphatic carbocycles. The van der Waals surface area contributed by atoms with Crippen molar-refractivity contribution in [3.05, 3.63) is 132 Å². The number of ether oxygens (including phenoxy) is 4. The van der Waals surface area contributed by atoms with Crippen LogP contribution in [0.2, 0.25) is 10.4 Å². The van der Waals surface area contributed by atoms with Crippen molar-refractivity contribution in [2.75, 3.05) is 28.4 Å². The van der Waals surface area contributed by atoms with Gasteiger partial charge in [0, 0.05) is 41.7 Å². The van der Waals surface area contributed by atoms with Crippen molar-refractivity contribution in [1.82, 2.24) is 19.9 Å². The third kappa shape index (κ3) is 14.2. The number of hydrogen-bond donors (Lipinski definition) is 2. The van der Waals surface area contributed by atoms with Crippen LogP contribution < -0.4 is 35.5 Å². The minimum Gasteiger partial charge on any atom is -0.493 e. The second-order valence-electron chi connectivity index (χ2n) is 12.3. The van der Waals surface area contributed by atoms with Crippen molar-refractivity contribution in [1.29, 1.82) is 0 Å². The second-order valence-corrected chi connectivity index (χ2v) is 17.8. The summed E-state index contributed by atoms with van der Waals surface area (Å²) in [6.07, 6.45) is 4.10. The Morgan fingerprint density at radius 2 is 1.14 bits per heavy atom. The fraction of sp³-hybridized carbons (Fsp3) is 0.350. The number of benzene rings is 3. The number of aromatic amines is 2. The molecule has 11 nitrogen and oxygen atoms in total. The lowest BCUT2D eigenvalue weighted by molar-refractivity contribution is 0.354. The molecule has 0 bridgehead atoms. The van der Waals surface area contributed by atoms with E-state index in [0.717, 1.165) is 22.3 Å². The predicted octanol–water partition coefficient (Wildman–Crippen LogP) is 10.6. The lowest BCUT2D eigenvalue weighted by atomic mass is 9.93. The minimum absolute atomic E-state index is 0. The van der Waals surface area contributed by atoms with Gasteiger partial charge in [-0.25, -0.2) is 14.8 Å². The number of rotatable bonds is 11. The molecule has 0 amide bonds. The zero-order valence-corrected chi connectivity index (χ0v) is 35.0. The van der Waals surface area contributed by atoms with Crippen LogP contribution in [0.3, 0.4) is 0 Å². The topological polar surface area (TPSA) is 145 Å². The second kappa shape index (κ2) is 23.3. The molecule has 5 aromatic rings. The Morgan fingerprint density at radius 1 is 0.696 bits per heavy atom. The highest BCUT2D eigenvalue weighted by atomic mass is 35.9. The molecule has 2 aromatic heterocycles. The molecular formula is C40H51Cl4N4O7P. The summed E-state index contributed by atoms with van der Waals surface area (Å²) >= 11 is 22.7. The molecule has 0 atom stereocenters. The van der Waals surface area contributed by atoms with E-state index in [1.165, 1.54) is 11.8 Å². The Bertz CT molecular complexity index is 2180. The van der Waals surface area contributed by atoms with E-state index in [9.17, 15) is 14.2 Å². The summed E-state index contributed by atoms with van der Waals surface area (Å²) in [5.74, 6) is 0.198. The van der Waals surface area contributed by atoms with Gasteiger partial charge in [-0.1, -0.05) is 72.3 Å². The van der Waals surface area contributed by atoms with Crippen LogP contribution in [0.25, 0.3) is 0 Å². The maximum atomic E-state index is 11.9. The lowest BCUT2D eigenvalue weighted by Gasteiger charge is -2.17. The molecule has 0 saturated carbocycles. The summed E-state index contributed by atoms with van der Waals surface area (Å²) in [4.78, 5) is 35.7. The molecule has 0 fully saturated rings. The standard InChI is InChI=1S/C16H18Cl2N2O2.C16H20N2O4.C6H5Cl2OP.2CH4/c1-9(2)12-7-14(22-4)13(21-3)6-10(12)5-11-8-19-16(18)20-15(11)17;1-9(2)12-7-14(22-4)13(21-3)6-10(12)5-11-8-17-16(20)18-15(11)19;7-10(8,9)6-4-2-1-3-5-6;;/h6-9H,5H2,1-4H3;6-9H,5H2,1-4H3,(H2,17,18,19,20);1-5H;2*1H4. The third-order valence-electron chi connectivity index (χ3n) is 8.03. The molecule has 0 aliphatic heterocycles. The molecule has 0 aliphatic rings. The van der Waals surface area contributed by atoms with Crippen molar-refractivity contribution >= 4 is 56.8 Å². The molecule has 2 N–H and O–H groups in total. The molecule has 0 saturated heterocycles. The Hall–Kier alpha value is -3.99. The first-order valence-electron chi connectivity index (χ1n) is 16.5. The van der Waals surface area contributed by atoms with Crippen LogP contribution in [-0.2, 0) is 17.4 Å². The molecule has 16 heteroatoms. The number of nitrogens with one attached hydrogen (secondary N) is 2. The number of methoxy groups -OCH3 is 4. The number of H-pyrrole nitrogens is 2. The van der Waals surface area contributed by atoms with Gasteiger partial charge in [-0.15, -0.1) is 0 Å². The Balaban J connectivity index is 0.000000440. The number of halogens is 4. The van der Waals surface area contributed by atoms with Gasteiger partial charge in [-0.3, -0.25) is 14.3 Å². The van der Waals surface area contributed by atoms with Crippen molar-refractivity contribution < 1.29 is 23.5 Å². The van der Waals surface area contributed by atoms with E-state index in [-0.39, 0.29) is 31.6 Å². The minimum atomic E-state index is -3.07. The highest BCUT2D eigenvalue weighted by Gasteiger charge is 2.18. The maximum Gasteiger partial charge on any atom is 0.325 e.